The summed E-state index contributed by atoms with van der Waals surface area (Å²) in [5, 5.41) is 5.66. The van der Waals surface area contributed by atoms with E-state index in [0.29, 0.717) is 28.8 Å². The first-order valence-corrected chi connectivity index (χ1v) is 15.0. The number of benzene rings is 2. The van der Waals surface area contributed by atoms with Gasteiger partial charge in [-0.05, 0) is 67.8 Å². The minimum atomic E-state index is -3.75. The number of imidazole rings is 1. The van der Waals surface area contributed by atoms with Crippen LogP contribution in [0.1, 0.15) is 35.6 Å². The number of anilines is 3. The lowest BCUT2D eigenvalue weighted by atomic mass is 10.0. The molecule has 5 rings (SSSR count). The average Bonchev–Trinajstić information content (AvgIpc) is 3.34. The standard InChI is InChI=1S/C31H29FN6O3S/c1-18-6-5-7-22(16-20(18)3)25-14-15-33-30(35-25)36-26-17-24(13-8-19(26)2)34-29(39)28-27(21-9-11-23(32)12-10-21)37-31(38-28)42(4,40)41/h5-18H,1-4H3,(H,34,39)(H,37,38)(H,33,35,36). The Morgan fingerprint density at radius 1 is 1.05 bits per heavy atom. The van der Waals surface area contributed by atoms with Gasteiger partial charge in [-0.1, -0.05) is 42.9 Å². The van der Waals surface area contributed by atoms with Gasteiger partial charge in [-0.25, -0.2) is 27.8 Å². The van der Waals surface area contributed by atoms with E-state index >= 15 is 0 Å². The van der Waals surface area contributed by atoms with Crippen molar-refractivity contribution >= 4 is 38.6 Å². The number of amides is 1. The summed E-state index contributed by atoms with van der Waals surface area (Å²) in [4.78, 5) is 29.2. The molecule has 1 atom stereocenters. The Morgan fingerprint density at radius 2 is 1.81 bits per heavy atom. The topological polar surface area (TPSA) is 130 Å². The second kappa shape index (κ2) is 11.5. The molecule has 2 aromatic heterocycles. The Hall–Kier alpha value is -4.90. The van der Waals surface area contributed by atoms with Crippen molar-refractivity contribution in [1.82, 2.24) is 19.9 Å². The molecule has 0 spiro atoms. The SMILES string of the molecule is CC1=CC(c2ccnc(Nc3cc(NC(=O)c4[nH]c(S(C)(=O)=O)nc4-c4ccc(F)cc4)ccc3C)n2)=CC=CC1C. The molecule has 0 saturated heterocycles. The smallest absolute Gasteiger partial charge is 0.274 e. The third-order valence-corrected chi connectivity index (χ3v) is 7.74. The number of sulfone groups is 1. The number of carbonyl (C=O) groups is 1. The molecule has 1 aliphatic rings. The van der Waals surface area contributed by atoms with Gasteiger partial charge in [0.25, 0.3) is 5.91 Å². The zero-order chi connectivity index (χ0) is 30.0. The number of aromatic amines is 1. The van der Waals surface area contributed by atoms with Crippen LogP contribution in [0.2, 0.25) is 0 Å². The zero-order valence-corrected chi connectivity index (χ0v) is 24.3. The molecule has 2 aromatic carbocycles. The maximum Gasteiger partial charge on any atom is 0.274 e. The summed E-state index contributed by atoms with van der Waals surface area (Å²) in [5.74, 6) is -0.362. The predicted molar refractivity (Wildman–Crippen MR) is 162 cm³/mol. The highest BCUT2D eigenvalue weighted by atomic mass is 32.2. The summed E-state index contributed by atoms with van der Waals surface area (Å²) in [5.41, 5.74) is 5.36. The third kappa shape index (κ3) is 6.36. The van der Waals surface area contributed by atoms with Crippen molar-refractivity contribution in [2.75, 3.05) is 16.9 Å². The largest absolute Gasteiger partial charge is 0.324 e. The van der Waals surface area contributed by atoms with Crippen molar-refractivity contribution in [3.63, 3.8) is 0 Å². The highest BCUT2D eigenvalue weighted by Gasteiger charge is 2.23. The predicted octanol–water partition coefficient (Wildman–Crippen LogP) is 6.25. The third-order valence-electron chi connectivity index (χ3n) is 6.85. The van der Waals surface area contributed by atoms with Crippen molar-refractivity contribution in [3.05, 3.63) is 107 Å². The number of hydrogen-bond donors (Lipinski definition) is 3. The number of H-pyrrole nitrogens is 1. The molecule has 0 aliphatic heterocycles. The van der Waals surface area contributed by atoms with Crippen molar-refractivity contribution < 1.29 is 17.6 Å². The summed E-state index contributed by atoms with van der Waals surface area (Å²) in [6, 6.07) is 12.4. The second-order valence-corrected chi connectivity index (χ2v) is 12.0. The maximum atomic E-state index is 13.5. The lowest BCUT2D eigenvalue weighted by Crippen LogP contribution is -2.14. The minimum absolute atomic E-state index is 0.0726. The van der Waals surface area contributed by atoms with Gasteiger partial charge < -0.3 is 15.6 Å². The maximum absolute atomic E-state index is 13.5. The van der Waals surface area contributed by atoms with E-state index in [1.54, 1.807) is 18.3 Å². The molecular weight excluding hydrogens is 555 g/mol. The van der Waals surface area contributed by atoms with Gasteiger partial charge in [0, 0.05) is 35.0 Å². The van der Waals surface area contributed by atoms with Gasteiger partial charge in [0.1, 0.15) is 17.2 Å². The van der Waals surface area contributed by atoms with E-state index in [1.165, 1.54) is 29.8 Å². The molecule has 214 valence electrons. The molecule has 1 aliphatic carbocycles. The van der Waals surface area contributed by atoms with Crippen LogP contribution in [0.15, 0.2) is 89.8 Å². The number of nitrogens with one attached hydrogen (secondary N) is 3. The van der Waals surface area contributed by atoms with Crippen LogP contribution in [0.25, 0.3) is 16.8 Å². The van der Waals surface area contributed by atoms with Crippen LogP contribution in [-0.4, -0.2) is 40.5 Å². The number of nitrogens with zero attached hydrogens (tertiary/aromatic N) is 3. The normalized spacial score (nSPS) is 15.0. The molecule has 0 saturated carbocycles. The fraction of sp³-hybridized carbons (Fsp3) is 0.161. The fourth-order valence-corrected chi connectivity index (χ4v) is 4.84. The zero-order valence-electron chi connectivity index (χ0n) is 23.4. The summed E-state index contributed by atoms with van der Waals surface area (Å²) >= 11 is 0. The number of allylic oxidation sites excluding steroid dienone is 6. The molecule has 0 bridgehead atoms. The highest BCUT2D eigenvalue weighted by molar-refractivity contribution is 7.90. The molecule has 1 unspecified atom stereocenters. The highest BCUT2D eigenvalue weighted by Crippen LogP contribution is 2.28. The van der Waals surface area contributed by atoms with Crippen LogP contribution in [0.5, 0.6) is 0 Å². The Labute approximate surface area is 243 Å². The van der Waals surface area contributed by atoms with Crippen molar-refractivity contribution in [2.24, 2.45) is 5.92 Å². The van der Waals surface area contributed by atoms with E-state index in [4.69, 9.17) is 4.98 Å². The van der Waals surface area contributed by atoms with E-state index in [0.717, 1.165) is 23.1 Å². The Bertz CT molecular complexity index is 1870. The van der Waals surface area contributed by atoms with Gasteiger partial charge in [0.15, 0.2) is 0 Å². The average molecular weight is 585 g/mol. The van der Waals surface area contributed by atoms with Gasteiger partial charge in [-0.3, -0.25) is 4.79 Å². The Balaban J connectivity index is 1.41. The van der Waals surface area contributed by atoms with Crippen molar-refractivity contribution in [1.29, 1.82) is 0 Å². The Kier molecular flexibility index (Phi) is 7.86. The molecule has 0 radical (unpaired) electrons. The first-order valence-electron chi connectivity index (χ1n) is 13.1. The number of carbonyl (C=O) groups excluding carboxylic acids is 1. The molecule has 3 N–H and O–H groups in total. The van der Waals surface area contributed by atoms with Crippen LogP contribution < -0.4 is 10.6 Å². The van der Waals surface area contributed by atoms with Gasteiger partial charge in [-0.15, -0.1) is 0 Å². The van der Waals surface area contributed by atoms with E-state index < -0.39 is 21.6 Å². The van der Waals surface area contributed by atoms with Crippen molar-refractivity contribution in [3.8, 4) is 11.3 Å². The first-order chi connectivity index (χ1) is 20.0. The number of aryl methyl sites for hydroxylation is 1. The molecule has 2 heterocycles. The van der Waals surface area contributed by atoms with Gasteiger partial charge in [-0.2, -0.15) is 0 Å². The molecule has 42 heavy (non-hydrogen) atoms. The van der Waals surface area contributed by atoms with Crippen LogP contribution in [0.3, 0.4) is 0 Å². The summed E-state index contributed by atoms with van der Waals surface area (Å²) < 4.78 is 37.9. The lowest BCUT2D eigenvalue weighted by molar-refractivity contribution is 0.102. The van der Waals surface area contributed by atoms with Crippen LogP contribution in [0, 0.1) is 18.7 Å². The number of hydrogen-bond acceptors (Lipinski definition) is 7. The number of aromatic nitrogens is 4. The van der Waals surface area contributed by atoms with Crippen LogP contribution >= 0.6 is 0 Å². The molecular formula is C31H29FN6O3S. The Morgan fingerprint density at radius 3 is 2.55 bits per heavy atom. The van der Waals surface area contributed by atoms with E-state index in [1.807, 2.05) is 31.2 Å². The van der Waals surface area contributed by atoms with Crippen LogP contribution in [0.4, 0.5) is 21.7 Å². The quantitative estimate of drug-likeness (QED) is 0.234. The van der Waals surface area contributed by atoms with Gasteiger partial charge in [0.05, 0.1) is 5.69 Å². The number of rotatable bonds is 7. The summed E-state index contributed by atoms with van der Waals surface area (Å²) in [6.45, 7) is 6.14. The molecule has 4 aromatic rings. The van der Waals surface area contributed by atoms with E-state index in [9.17, 15) is 17.6 Å². The van der Waals surface area contributed by atoms with Crippen molar-refractivity contribution in [2.45, 2.75) is 25.9 Å². The van der Waals surface area contributed by atoms with Gasteiger partial charge in [0.2, 0.25) is 20.9 Å². The minimum Gasteiger partial charge on any atom is -0.324 e. The van der Waals surface area contributed by atoms with Crippen LogP contribution in [-0.2, 0) is 9.84 Å². The summed E-state index contributed by atoms with van der Waals surface area (Å²) in [6.07, 6.45) is 11.0. The monoisotopic (exact) mass is 584 g/mol. The second-order valence-electron chi connectivity index (χ2n) is 10.1. The lowest BCUT2D eigenvalue weighted by Gasteiger charge is -2.12. The van der Waals surface area contributed by atoms with E-state index in [2.05, 4.69) is 51.6 Å². The molecule has 9 nitrogen and oxygen atoms in total. The first kappa shape index (κ1) is 28.6. The molecule has 1 amide bonds. The summed E-state index contributed by atoms with van der Waals surface area (Å²) in [7, 11) is -3.75. The van der Waals surface area contributed by atoms with E-state index in [-0.39, 0.29) is 16.5 Å². The van der Waals surface area contributed by atoms with Gasteiger partial charge >= 0.3 is 0 Å². The molecule has 11 heteroatoms. The number of halogens is 1. The molecule has 0 fully saturated rings. The fourth-order valence-electron chi connectivity index (χ4n) is 4.30.